The van der Waals surface area contributed by atoms with Crippen LogP contribution in [0.1, 0.15) is 42.7 Å². The van der Waals surface area contributed by atoms with Gasteiger partial charge < -0.3 is 20.1 Å². The topological polar surface area (TPSA) is 76.7 Å². The minimum Gasteiger partial charge on any atom is -0.454 e. The summed E-state index contributed by atoms with van der Waals surface area (Å²) in [6, 6.07) is 9.66. The summed E-state index contributed by atoms with van der Waals surface area (Å²) in [5, 5.41) is 5.66. The van der Waals surface area contributed by atoms with E-state index in [1.807, 2.05) is 32.9 Å². The lowest BCUT2D eigenvalue weighted by atomic mass is 10.0. The molecule has 2 aromatic carbocycles. The Labute approximate surface area is 163 Å². The van der Waals surface area contributed by atoms with Crippen LogP contribution in [0.4, 0.5) is 4.39 Å². The highest BCUT2D eigenvalue weighted by atomic mass is 19.1. The number of carbonyl (C=O) groups excluding carboxylic acids is 2. The second-order valence-corrected chi connectivity index (χ2v) is 7.05. The number of halogens is 1. The molecule has 0 radical (unpaired) electrons. The van der Waals surface area contributed by atoms with Crippen molar-refractivity contribution in [3.8, 4) is 11.5 Å². The molecule has 0 saturated heterocycles. The predicted molar refractivity (Wildman–Crippen MR) is 102 cm³/mol. The van der Waals surface area contributed by atoms with Crippen LogP contribution in [0.25, 0.3) is 0 Å². The normalized spacial score (nSPS) is 14.5. The summed E-state index contributed by atoms with van der Waals surface area (Å²) < 4.78 is 23.7. The summed E-state index contributed by atoms with van der Waals surface area (Å²) in [5.74, 6) is 0.0401. The van der Waals surface area contributed by atoms with Gasteiger partial charge in [-0.25, -0.2) is 4.39 Å². The maximum absolute atomic E-state index is 13.0. The zero-order valence-electron chi connectivity index (χ0n) is 16.0. The molecule has 3 rings (SSSR count). The van der Waals surface area contributed by atoms with E-state index >= 15 is 0 Å². The molecule has 2 aromatic rings. The highest BCUT2D eigenvalue weighted by Gasteiger charge is 2.26. The van der Waals surface area contributed by atoms with Gasteiger partial charge in [0.05, 0.1) is 6.04 Å². The number of benzene rings is 2. The van der Waals surface area contributed by atoms with Crippen molar-refractivity contribution in [3.05, 3.63) is 59.4 Å². The van der Waals surface area contributed by atoms with Crippen molar-refractivity contribution >= 4 is 11.8 Å². The molecule has 0 bridgehead atoms. The second-order valence-electron chi connectivity index (χ2n) is 7.05. The molecule has 1 heterocycles. The number of hydrogen-bond acceptors (Lipinski definition) is 4. The number of amides is 2. The van der Waals surface area contributed by atoms with Crippen molar-refractivity contribution in [2.75, 3.05) is 6.79 Å². The molecule has 148 valence electrons. The Hall–Kier alpha value is -3.09. The highest BCUT2D eigenvalue weighted by Crippen LogP contribution is 2.34. The van der Waals surface area contributed by atoms with Crippen molar-refractivity contribution < 1.29 is 23.5 Å². The van der Waals surface area contributed by atoms with Gasteiger partial charge in [0, 0.05) is 5.56 Å². The number of nitrogens with one attached hydrogen (secondary N) is 2. The molecule has 0 saturated carbocycles. The van der Waals surface area contributed by atoms with Gasteiger partial charge in [0.15, 0.2) is 11.5 Å². The predicted octanol–water partition coefficient (Wildman–Crippen LogP) is 3.19. The van der Waals surface area contributed by atoms with Gasteiger partial charge in [0.1, 0.15) is 11.9 Å². The van der Waals surface area contributed by atoms with Crippen LogP contribution in [0, 0.1) is 11.7 Å². The summed E-state index contributed by atoms with van der Waals surface area (Å²) in [6.07, 6.45) is 0. The van der Waals surface area contributed by atoms with Crippen LogP contribution in [0.3, 0.4) is 0 Å². The lowest BCUT2D eigenvalue weighted by molar-refractivity contribution is -0.124. The van der Waals surface area contributed by atoms with Gasteiger partial charge in [-0.2, -0.15) is 0 Å². The van der Waals surface area contributed by atoms with Crippen LogP contribution in [-0.4, -0.2) is 24.6 Å². The van der Waals surface area contributed by atoms with Gasteiger partial charge in [0.25, 0.3) is 5.91 Å². The van der Waals surface area contributed by atoms with Crippen LogP contribution in [0.5, 0.6) is 11.5 Å². The molecule has 2 unspecified atom stereocenters. The lowest BCUT2D eigenvalue weighted by Crippen LogP contribution is -2.50. The Bertz CT molecular complexity index is 867. The summed E-state index contributed by atoms with van der Waals surface area (Å²) >= 11 is 0. The smallest absolute Gasteiger partial charge is 0.251 e. The first-order valence-corrected chi connectivity index (χ1v) is 9.11. The van der Waals surface area contributed by atoms with Crippen molar-refractivity contribution in [2.45, 2.75) is 32.9 Å². The van der Waals surface area contributed by atoms with Crippen LogP contribution in [0.15, 0.2) is 42.5 Å². The van der Waals surface area contributed by atoms with E-state index in [0.717, 1.165) is 5.56 Å². The van der Waals surface area contributed by atoms with Crippen LogP contribution >= 0.6 is 0 Å². The second kappa shape index (κ2) is 8.29. The fraction of sp³-hybridized carbons (Fsp3) is 0.333. The standard InChI is InChI=1S/C21H23FN2O4/c1-12(2)19(24-20(25)14-4-7-16(22)8-5-14)21(26)23-13(3)15-6-9-17-18(10-15)28-11-27-17/h4-10,12-13,19H,11H2,1-3H3,(H,23,26)(H,24,25). The fourth-order valence-corrected chi connectivity index (χ4v) is 2.93. The van der Waals surface area contributed by atoms with Gasteiger partial charge >= 0.3 is 0 Å². The Kier molecular flexibility index (Phi) is 5.82. The molecule has 2 amide bonds. The Morgan fingerprint density at radius 2 is 1.64 bits per heavy atom. The third-order valence-electron chi connectivity index (χ3n) is 4.60. The molecule has 1 aliphatic rings. The molecule has 6 nitrogen and oxygen atoms in total. The zero-order valence-corrected chi connectivity index (χ0v) is 16.0. The van der Waals surface area contributed by atoms with Gasteiger partial charge in [-0.15, -0.1) is 0 Å². The van der Waals surface area contributed by atoms with E-state index in [1.54, 1.807) is 6.07 Å². The quantitative estimate of drug-likeness (QED) is 0.799. The van der Waals surface area contributed by atoms with Crippen molar-refractivity contribution in [1.82, 2.24) is 10.6 Å². The van der Waals surface area contributed by atoms with Crippen molar-refractivity contribution in [1.29, 1.82) is 0 Å². The molecule has 0 fully saturated rings. The number of carbonyl (C=O) groups is 2. The lowest BCUT2D eigenvalue weighted by Gasteiger charge is -2.24. The van der Waals surface area contributed by atoms with E-state index in [1.165, 1.54) is 24.3 Å². The van der Waals surface area contributed by atoms with Gasteiger partial charge in [0.2, 0.25) is 12.7 Å². The molecule has 0 spiro atoms. The van der Waals surface area contributed by atoms with Crippen LogP contribution < -0.4 is 20.1 Å². The van der Waals surface area contributed by atoms with E-state index in [0.29, 0.717) is 17.1 Å². The monoisotopic (exact) mass is 386 g/mol. The number of rotatable bonds is 6. The Morgan fingerprint density at radius 3 is 2.32 bits per heavy atom. The van der Waals surface area contributed by atoms with Crippen LogP contribution in [-0.2, 0) is 4.79 Å². The van der Waals surface area contributed by atoms with Crippen molar-refractivity contribution in [2.24, 2.45) is 5.92 Å². The van der Waals surface area contributed by atoms with E-state index in [2.05, 4.69) is 10.6 Å². The van der Waals surface area contributed by atoms with E-state index < -0.39 is 17.8 Å². The van der Waals surface area contributed by atoms with Crippen LogP contribution in [0.2, 0.25) is 0 Å². The van der Waals surface area contributed by atoms with Gasteiger partial charge in [-0.05, 0) is 54.8 Å². The molecule has 0 aliphatic carbocycles. The average Bonchev–Trinajstić information content (AvgIpc) is 3.13. The summed E-state index contributed by atoms with van der Waals surface area (Å²) in [5.41, 5.74) is 1.16. The van der Waals surface area contributed by atoms with E-state index in [9.17, 15) is 14.0 Å². The molecule has 1 aliphatic heterocycles. The fourth-order valence-electron chi connectivity index (χ4n) is 2.93. The number of fused-ring (bicyclic) bond motifs is 1. The third kappa shape index (κ3) is 4.42. The minimum absolute atomic E-state index is 0.131. The largest absolute Gasteiger partial charge is 0.454 e. The molecule has 2 atom stereocenters. The van der Waals surface area contributed by atoms with E-state index in [4.69, 9.17) is 9.47 Å². The molecule has 28 heavy (non-hydrogen) atoms. The number of hydrogen-bond donors (Lipinski definition) is 2. The van der Waals surface area contributed by atoms with Gasteiger partial charge in [-0.3, -0.25) is 9.59 Å². The van der Waals surface area contributed by atoms with Gasteiger partial charge in [-0.1, -0.05) is 19.9 Å². The Morgan fingerprint density at radius 1 is 0.964 bits per heavy atom. The molecule has 7 heteroatoms. The van der Waals surface area contributed by atoms with Crippen molar-refractivity contribution in [3.63, 3.8) is 0 Å². The maximum atomic E-state index is 13.0. The SMILES string of the molecule is CC(NC(=O)C(NC(=O)c1ccc(F)cc1)C(C)C)c1ccc2c(c1)OCO2. The molecule has 2 N–H and O–H groups in total. The molecule has 0 aromatic heterocycles. The summed E-state index contributed by atoms with van der Waals surface area (Å²) in [4.78, 5) is 25.2. The molecular formula is C21H23FN2O4. The first-order chi connectivity index (χ1) is 13.3. The zero-order chi connectivity index (χ0) is 20.3. The summed E-state index contributed by atoms with van der Waals surface area (Å²) in [6.45, 7) is 5.74. The average molecular weight is 386 g/mol. The first-order valence-electron chi connectivity index (χ1n) is 9.11. The maximum Gasteiger partial charge on any atom is 0.251 e. The minimum atomic E-state index is -0.728. The first kappa shape index (κ1) is 19.7. The van der Waals surface area contributed by atoms with E-state index in [-0.39, 0.29) is 24.7 Å². The summed E-state index contributed by atoms with van der Waals surface area (Å²) in [7, 11) is 0. The number of ether oxygens (including phenoxy) is 2. The highest BCUT2D eigenvalue weighted by molar-refractivity contribution is 5.97. The third-order valence-corrected chi connectivity index (χ3v) is 4.60. The molecular weight excluding hydrogens is 363 g/mol. The Balaban J connectivity index is 1.67.